The van der Waals surface area contributed by atoms with Crippen LogP contribution in [0.5, 0.6) is 0 Å². The Balaban J connectivity index is 3.00. The van der Waals surface area contributed by atoms with Crippen LogP contribution in [0.3, 0.4) is 0 Å². The molecule has 0 unspecified atom stereocenters. The van der Waals surface area contributed by atoms with E-state index in [0.29, 0.717) is 16.2 Å². The first-order valence-corrected chi connectivity index (χ1v) is 11.4. The van der Waals surface area contributed by atoms with Crippen molar-refractivity contribution in [2.45, 2.75) is 39.0 Å². The molecule has 3 atom stereocenters. The molecule has 0 amide bonds. The number of halogens is 3. The fourth-order valence-electron chi connectivity index (χ4n) is 1.96. The maximum atomic E-state index is 13.8. The first-order valence-electron chi connectivity index (χ1n) is 7.51. The van der Waals surface area contributed by atoms with Gasteiger partial charge in [-0.1, -0.05) is 31.9 Å². The van der Waals surface area contributed by atoms with Gasteiger partial charge in [0.1, 0.15) is 0 Å². The van der Waals surface area contributed by atoms with E-state index in [2.05, 4.69) is 42.0 Å². The lowest BCUT2D eigenvalue weighted by molar-refractivity contribution is -0.387. The Morgan fingerprint density at radius 3 is 2.16 bits per heavy atom. The second-order valence-corrected chi connectivity index (χ2v) is 8.76. The molecule has 0 aliphatic heterocycles. The van der Waals surface area contributed by atoms with Crippen molar-refractivity contribution < 1.29 is 18.4 Å². The monoisotopic (exact) mass is 503 g/mol. The molecule has 0 heterocycles. The highest BCUT2D eigenvalue weighted by atomic mass is 79.9. The molecule has 1 aromatic carbocycles. The lowest BCUT2D eigenvalue weighted by Crippen LogP contribution is -2.36. The van der Waals surface area contributed by atoms with E-state index in [-0.39, 0.29) is 12.1 Å². The molecule has 142 valence electrons. The van der Waals surface area contributed by atoms with Gasteiger partial charge in [0.2, 0.25) is 5.82 Å². The molecule has 2 N–H and O–H groups in total. The standard InChI is InChI=1S/C14H21Br2FN3O4P/c1-9(7-15)18-25(23,19-10(2)8-16)24-11(3)12-4-5-14(20(21)22)13(17)6-12/h4-6,9-11H,7-8H2,1-3H3,(H2,18,19,23)/t9-,10-,11-/m0/s1. The highest BCUT2D eigenvalue weighted by Gasteiger charge is 2.30. The molecule has 0 spiro atoms. The van der Waals surface area contributed by atoms with Gasteiger partial charge >= 0.3 is 13.4 Å². The Morgan fingerprint density at radius 1 is 1.24 bits per heavy atom. The normalized spacial score (nSPS) is 15.6. The summed E-state index contributed by atoms with van der Waals surface area (Å²) in [7, 11) is -3.45. The minimum atomic E-state index is -3.45. The minimum absolute atomic E-state index is 0.137. The number of hydrogen-bond acceptors (Lipinski definition) is 4. The summed E-state index contributed by atoms with van der Waals surface area (Å²) >= 11 is 6.61. The Kier molecular flexibility index (Phi) is 9.14. The van der Waals surface area contributed by atoms with Crippen LogP contribution in [0.4, 0.5) is 10.1 Å². The molecule has 0 radical (unpaired) electrons. The van der Waals surface area contributed by atoms with Gasteiger partial charge in [-0.2, -0.15) is 4.39 Å². The number of nitro groups is 1. The van der Waals surface area contributed by atoms with E-state index in [0.717, 1.165) is 12.1 Å². The highest BCUT2D eigenvalue weighted by molar-refractivity contribution is 9.09. The summed E-state index contributed by atoms with van der Waals surface area (Å²) in [5.74, 6) is -0.962. The number of nitrogens with zero attached hydrogens (tertiary/aromatic N) is 1. The molecule has 0 bridgehead atoms. The Hall–Kier alpha value is -0.380. The molecule has 1 rings (SSSR count). The molecule has 1 aromatic rings. The molecular formula is C14H21Br2FN3O4P. The zero-order valence-electron chi connectivity index (χ0n) is 14.0. The van der Waals surface area contributed by atoms with Crippen LogP contribution in [0.25, 0.3) is 0 Å². The fraction of sp³-hybridized carbons (Fsp3) is 0.571. The molecule has 0 fully saturated rings. The average molecular weight is 505 g/mol. The number of rotatable bonds is 10. The lowest BCUT2D eigenvalue weighted by Gasteiger charge is -2.28. The summed E-state index contributed by atoms with van der Waals surface area (Å²) in [4.78, 5) is 9.90. The fourth-order valence-corrected chi connectivity index (χ4v) is 4.89. The van der Waals surface area contributed by atoms with Crippen molar-refractivity contribution in [3.05, 3.63) is 39.7 Å². The quantitative estimate of drug-likeness (QED) is 0.208. The van der Waals surface area contributed by atoms with Crippen LogP contribution >= 0.6 is 39.5 Å². The Morgan fingerprint density at radius 2 is 1.76 bits per heavy atom. The molecule has 11 heteroatoms. The van der Waals surface area contributed by atoms with Gasteiger partial charge in [0.05, 0.1) is 11.0 Å². The van der Waals surface area contributed by atoms with E-state index in [1.807, 2.05) is 13.8 Å². The van der Waals surface area contributed by atoms with Crippen LogP contribution in [-0.2, 0) is 9.09 Å². The summed E-state index contributed by atoms with van der Waals surface area (Å²) in [6.45, 7) is 5.27. The lowest BCUT2D eigenvalue weighted by atomic mass is 10.1. The zero-order valence-corrected chi connectivity index (χ0v) is 18.1. The summed E-state index contributed by atoms with van der Waals surface area (Å²) in [5.41, 5.74) is -0.263. The molecule has 0 aromatic heterocycles. The Labute approximate surface area is 163 Å². The number of nitrogens with one attached hydrogen (secondary N) is 2. The summed E-state index contributed by atoms with van der Waals surface area (Å²) in [5, 5.41) is 17.6. The first-order chi connectivity index (χ1) is 11.6. The second kappa shape index (κ2) is 10.1. The number of alkyl halides is 2. The van der Waals surface area contributed by atoms with E-state index in [1.54, 1.807) is 6.92 Å². The number of hydrogen-bond donors (Lipinski definition) is 2. The van der Waals surface area contributed by atoms with Crippen molar-refractivity contribution in [1.82, 2.24) is 10.2 Å². The number of nitro benzene ring substituents is 1. The van der Waals surface area contributed by atoms with Gasteiger partial charge in [-0.25, -0.2) is 10.2 Å². The van der Waals surface area contributed by atoms with E-state index < -0.39 is 30.2 Å². The topological polar surface area (TPSA) is 93.5 Å². The molecule has 7 nitrogen and oxygen atoms in total. The van der Waals surface area contributed by atoms with Gasteiger partial charge in [-0.3, -0.25) is 19.2 Å². The summed E-state index contributed by atoms with van der Waals surface area (Å²) < 4.78 is 32.6. The van der Waals surface area contributed by atoms with Crippen molar-refractivity contribution in [1.29, 1.82) is 0 Å². The smallest absolute Gasteiger partial charge is 0.298 e. The largest absolute Gasteiger partial charge is 0.341 e. The van der Waals surface area contributed by atoms with Crippen LogP contribution in [0.2, 0.25) is 0 Å². The predicted molar refractivity (Wildman–Crippen MR) is 103 cm³/mol. The van der Waals surface area contributed by atoms with Crippen LogP contribution in [0, 0.1) is 15.9 Å². The SMILES string of the molecule is C[C@H](OP(=O)(N[C@@H](C)CBr)N[C@@H](C)CBr)c1ccc([N+](=O)[O-])c(F)c1. The summed E-state index contributed by atoms with van der Waals surface area (Å²) in [6, 6.07) is 3.20. The van der Waals surface area contributed by atoms with Crippen LogP contribution in [-0.4, -0.2) is 27.7 Å². The van der Waals surface area contributed by atoms with Gasteiger partial charge in [0.15, 0.2) is 0 Å². The molecular weight excluding hydrogens is 484 g/mol. The van der Waals surface area contributed by atoms with Crippen molar-refractivity contribution in [2.24, 2.45) is 0 Å². The van der Waals surface area contributed by atoms with E-state index in [4.69, 9.17) is 4.52 Å². The van der Waals surface area contributed by atoms with Crippen molar-refractivity contribution in [2.75, 3.05) is 10.7 Å². The van der Waals surface area contributed by atoms with Crippen molar-refractivity contribution in [3.63, 3.8) is 0 Å². The van der Waals surface area contributed by atoms with Gasteiger partial charge in [0.25, 0.3) is 0 Å². The summed E-state index contributed by atoms with van der Waals surface area (Å²) in [6.07, 6.45) is -0.744. The van der Waals surface area contributed by atoms with Crippen LogP contribution < -0.4 is 10.2 Å². The Bertz CT molecular complexity index is 637. The van der Waals surface area contributed by atoms with E-state index in [1.165, 1.54) is 6.07 Å². The third-order valence-corrected chi connectivity index (χ3v) is 7.30. The highest BCUT2D eigenvalue weighted by Crippen LogP contribution is 2.44. The van der Waals surface area contributed by atoms with Gasteiger partial charge in [0, 0.05) is 28.8 Å². The minimum Gasteiger partial charge on any atom is -0.298 e. The maximum Gasteiger partial charge on any atom is 0.341 e. The second-order valence-electron chi connectivity index (χ2n) is 5.64. The van der Waals surface area contributed by atoms with Gasteiger partial charge in [-0.15, -0.1) is 0 Å². The predicted octanol–water partition coefficient (Wildman–Crippen LogP) is 4.67. The van der Waals surface area contributed by atoms with Gasteiger partial charge < -0.3 is 0 Å². The first kappa shape index (κ1) is 22.7. The molecule has 0 saturated heterocycles. The van der Waals surface area contributed by atoms with E-state index >= 15 is 0 Å². The molecule has 0 aliphatic carbocycles. The molecule has 0 saturated carbocycles. The molecule has 25 heavy (non-hydrogen) atoms. The maximum absolute atomic E-state index is 13.8. The number of benzene rings is 1. The van der Waals surface area contributed by atoms with Crippen LogP contribution in [0.15, 0.2) is 18.2 Å². The average Bonchev–Trinajstić information content (AvgIpc) is 2.53. The van der Waals surface area contributed by atoms with Crippen molar-refractivity contribution >= 4 is 45.2 Å². The zero-order chi connectivity index (χ0) is 19.2. The third kappa shape index (κ3) is 7.03. The van der Waals surface area contributed by atoms with Crippen molar-refractivity contribution in [3.8, 4) is 0 Å². The van der Waals surface area contributed by atoms with Crippen LogP contribution in [0.1, 0.15) is 32.4 Å². The van der Waals surface area contributed by atoms with Gasteiger partial charge in [-0.05, 0) is 38.5 Å². The third-order valence-electron chi connectivity index (χ3n) is 3.19. The molecule has 0 aliphatic rings. The van der Waals surface area contributed by atoms with E-state index in [9.17, 15) is 19.1 Å².